The Morgan fingerprint density at radius 1 is 1.10 bits per heavy atom. The molecule has 2 aromatic rings. The van der Waals surface area contributed by atoms with Crippen molar-refractivity contribution < 1.29 is 9.53 Å². The summed E-state index contributed by atoms with van der Waals surface area (Å²) >= 11 is 0. The van der Waals surface area contributed by atoms with Crippen molar-refractivity contribution in [3.05, 3.63) is 65.7 Å². The number of hydrogen-bond donors (Lipinski definition) is 2. The maximum absolute atomic E-state index is 12.6. The highest BCUT2D eigenvalue weighted by molar-refractivity contribution is 5.94. The Morgan fingerprint density at radius 2 is 1.80 bits per heavy atom. The second-order valence-electron chi connectivity index (χ2n) is 7.92. The van der Waals surface area contributed by atoms with Gasteiger partial charge in [-0.2, -0.15) is 0 Å². The van der Waals surface area contributed by atoms with Crippen LogP contribution in [0, 0.1) is 0 Å². The summed E-state index contributed by atoms with van der Waals surface area (Å²) in [6, 6.07) is 18.6. The van der Waals surface area contributed by atoms with Crippen molar-refractivity contribution in [2.45, 2.75) is 45.2 Å². The van der Waals surface area contributed by atoms with Crippen LogP contribution in [0.5, 0.6) is 0 Å². The molecule has 1 saturated heterocycles. The molecule has 2 N–H and O–H groups in total. The summed E-state index contributed by atoms with van der Waals surface area (Å²) in [5.74, 6) is -0.0344. The van der Waals surface area contributed by atoms with Gasteiger partial charge in [0.15, 0.2) is 0 Å². The molecule has 0 radical (unpaired) electrons. The second-order valence-corrected chi connectivity index (χ2v) is 7.92. The van der Waals surface area contributed by atoms with Crippen molar-refractivity contribution in [3.63, 3.8) is 0 Å². The minimum atomic E-state index is -0.0344. The molecule has 1 aliphatic rings. The summed E-state index contributed by atoms with van der Waals surface area (Å²) < 4.78 is 5.39. The first-order valence-electron chi connectivity index (χ1n) is 11.2. The van der Waals surface area contributed by atoms with Gasteiger partial charge in [-0.05, 0) is 69.5 Å². The summed E-state index contributed by atoms with van der Waals surface area (Å²) in [6.45, 7) is 8.79. The molecule has 0 aromatic heterocycles. The van der Waals surface area contributed by atoms with E-state index in [9.17, 15) is 4.79 Å². The average molecular weight is 410 g/mol. The topological polar surface area (TPSA) is 53.6 Å². The smallest absolute Gasteiger partial charge is 0.251 e. The SMILES string of the molecule is CCOCCCNC1CCN(c2ccc(C(=O)NC(C)c3ccccc3)cc2)CC1. The molecule has 5 heteroatoms. The molecule has 1 heterocycles. The van der Waals surface area contributed by atoms with Crippen molar-refractivity contribution in [2.75, 3.05) is 37.7 Å². The fourth-order valence-electron chi connectivity index (χ4n) is 3.90. The number of ether oxygens (including phenoxy) is 1. The van der Waals surface area contributed by atoms with E-state index in [2.05, 4.69) is 27.7 Å². The number of nitrogens with zero attached hydrogens (tertiary/aromatic N) is 1. The van der Waals surface area contributed by atoms with Crippen LogP contribution >= 0.6 is 0 Å². The van der Waals surface area contributed by atoms with Gasteiger partial charge >= 0.3 is 0 Å². The number of hydrogen-bond acceptors (Lipinski definition) is 4. The van der Waals surface area contributed by atoms with Gasteiger partial charge in [0.05, 0.1) is 6.04 Å². The van der Waals surface area contributed by atoms with Gasteiger partial charge in [0, 0.05) is 43.6 Å². The molecule has 3 rings (SSSR count). The Labute approximate surface area is 180 Å². The van der Waals surface area contributed by atoms with E-state index < -0.39 is 0 Å². The van der Waals surface area contributed by atoms with Gasteiger partial charge < -0.3 is 20.3 Å². The molecular weight excluding hydrogens is 374 g/mol. The van der Waals surface area contributed by atoms with E-state index in [0.29, 0.717) is 11.6 Å². The molecule has 0 aliphatic carbocycles. The first kappa shape index (κ1) is 22.3. The maximum atomic E-state index is 12.6. The van der Waals surface area contributed by atoms with E-state index in [1.165, 1.54) is 5.69 Å². The largest absolute Gasteiger partial charge is 0.382 e. The van der Waals surface area contributed by atoms with Gasteiger partial charge in [-0.15, -0.1) is 0 Å². The standard InChI is InChI=1S/C25H35N3O2/c1-3-30-19-7-16-26-23-14-17-28(18-15-23)24-12-10-22(11-13-24)25(29)27-20(2)21-8-5-4-6-9-21/h4-6,8-13,20,23,26H,3,7,14-19H2,1-2H3,(H,27,29). The molecule has 5 nitrogen and oxygen atoms in total. The minimum absolute atomic E-state index is 0.0153. The number of piperidine rings is 1. The summed E-state index contributed by atoms with van der Waals surface area (Å²) in [5.41, 5.74) is 3.00. The summed E-state index contributed by atoms with van der Waals surface area (Å²) in [7, 11) is 0. The van der Waals surface area contributed by atoms with Crippen molar-refractivity contribution in [2.24, 2.45) is 0 Å². The van der Waals surface area contributed by atoms with Crippen LogP contribution in [0.25, 0.3) is 0 Å². The van der Waals surface area contributed by atoms with Crippen LogP contribution in [-0.2, 0) is 4.74 Å². The van der Waals surface area contributed by atoms with Crippen LogP contribution < -0.4 is 15.5 Å². The summed E-state index contributed by atoms with van der Waals surface area (Å²) in [6.07, 6.45) is 3.36. The monoisotopic (exact) mass is 409 g/mol. The van der Waals surface area contributed by atoms with E-state index in [-0.39, 0.29) is 11.9 Å². The third kappa shape index (κ3) is 6.57. The zero-order chi connectivity index (χ0) is 21.2. The predicted octanol–water partition coefficient (Wildman–Crippen LogP) is 4.16. The van der Waals surface area contributed by atoms with Gasteiger partial charge in [-0.25, -0.2) is 0 Å². The van der Waals surface area contributed by atoms with E-state index in [1.807, 2.05) is 56.3 Å². The molecule has 1 fully saturated rings. The van der Waals surface area contributed by atoms with Crippen molar-refractivity contribution in [3.8, 4) is 0 Å². The summed E-state index contributed by atoms with van der Waals surface area (Å²) in [5, 5.41) is 6.73. The van der Waals surface area contributed by atoms with Gasteiger partial charge in [-0.3, -0.25) is 4.79 Å². The number of benzene rings is 2. The number of carbonyl (C=O) groups excluding carboxylic acids is 1. The molecule has 2 aromatic carbocycles. The highest BCUT2D eigenvalue weighted by Crippen LogP contribution is 2.21. The third-order valence-electron chi connectivity index (χ3n) is 5.74. The molecule has 1 amide bonds. The van der Waals surface area contributed by atoms with Gasteiger partial charge in [0.25, 0.3) is 5.91 Å². The van der Waals surface area contributed by atoms with Crippen LogP contribution in [0.1, 0.15) is 55.1 Å². The third-order valence-corrected chi connectivity index (χ3v) is 5.74. The Bertz CT molecular complexity index is 756. The van der Waals surface area contributed by atoms with Crippen molar-refractivity contribution >= 4 is 11.6 Å². The Balaban J connectivity index is 1.44. The normalized spacial score (nSPS) is 15.7. The molecular formula is C25H35N3O2. The molecule has 162 valence electrons. The molecule has 1 atom stereocenters. The molecule has 0 spiro atoms. The fourth-order valence-corrected chi connectivity index (χ4v) is 3.90. The first-order chi connectivity index (χ1) is 14.7. The van der Waals surface area contributed by atoms with Crippen molar-refractivity contribution in [1.29, 1.82) is 0 Å². The number of anilines is 1. The number of amides is 1. The van der Waals surface area contributed by atoms with E-state index in [4.69, 9.17) is 4.74 Å². The number of carbonyl (C=O) groups is 1. The lowest BCUT2D eigenvalue weighted by atomic mass is 10.0. The van der Waals surface area contributed by atoms with Crippen LogP contribution in [-0.4, -0.2) is 44.8 Å². The van der Waals surface area contributed by atoms with Crippen LogP contribution in [0.3, 0.4) is 0 Å². The number of rotatable bonds is 10. The molecule has 30 heavy (non-hydrogen) atoms. The molecule has 1 aliphatic heterocycles. The fraction of sp³-hybridized carbons (Fsp3) is 0.480. The Hall–Kier alpha value is -2.37. The molecule has 0 saturated carbocycles. The van der Waals surface area contributed by atoms with Crippen LogP contribution in [0.15, 0.2) is 54.6 Å². The van der Waals surface area contributed by atoms with Crippen LogP contribution in [0.4, 0.5) is 5.69 Å². The first-order valence-corrected chi connectivity index (χ1v) is 11.2. The number of nitrogens with one attached hydrogen (secondary N) is 2. The van der Waals surface area contributed by atoms with Gasteiger partial charge in [-0.1, -0.05) is 30.3 Å². The Morgan fingerprint density at radius 3 is 2.47 bits per heavy atom. The average Bonchev–Trinajstić information content (AvgIpc) is 2.80. The molecule has 0 bridgehead atoms. The minimum Gasteiger partial charge on any atom is -0.382 e. The van der Waals surface area contributed by atoms with Gasteiger partial charge in [0.2, 0.25) is 0 Å². The maximum Gasteiger partial charge on any atom is 0.251 e. The quantitative estimate of drug-likeness (QED) is 0.579. The zero-order valence-electron chi connectivity index (χ0n) is 18.3. The second kappa shape index (κ2) is 11.7. The lowest BCUT2D eigenvalue weighted by molar-refractivity contribution is 0.0940. The van der Waals surface area contributed by atoms with E-state index in [0.717, 1.165) is 57.7 Å². The van der Waals surface area contributed by atoms with Gasteiger partial charge in [0.1, 0.15) is 0 Å². The zero-order valence-corrected chi connectivity index (χ0v) is 18.3. The van der Waals surface area contributed by atoms with E-state index in [1.54, 1.807) is 0 Å². The Kier molecular flexibility index (Phi) is 8.72. The predicted molar refractivity (Wildman–Crippen MR) is 123 cm³/mol. The molecule has 1 unspecified atom stereocenters. The van der Waals surface area contributed by atoms with E-state index >= 15 is 0 Å². The highest BCUT2D eigenvalue weighted by Gasteiger charge is 2.19. The van der Waals surface area contributed by atoms with Crippen molar-refractivity contribution in [1.82, 2.24) is 10.6 Å². The lowest BCUT2D eigenvalue weighted by Crippen LogP contribution is -2.43. The van der Waals surface area contributed by atoms with Crippen LogP contribution in [0.2, 0.25) is 0 Å². The summed E-state index contributed by atoms with van der Waals surface area (Å²) in [4.78, 5) is 15.0. The lowest BCUT2D eigenvalue weighted by Gasteiger charge is -2.34. The highest BCUT2D eigenvalue weighted by atomic mass is 16.5.